The van der Waals surface area contributed by atoms with Crippen molar-refractivity contribution in [1.29, 1.82) is 0 Å². The quantitative estimate of drug-likeness (QED) is 0.861. The molecule has 1 aromatic carbocycles. The van der Waals surface area contributed by atoms with Gasteiger partial charge >= 0.3 is 0 Å². The second kappa shape index (κ2) is 6.21. The number of benzene rings is 1. The molecule has 2 N–H and O–H groups in total. The summed E-state index contributed by atoms with van der Waals surface area (Å²) in [5.74, 6) is 0. The van der Waals surface area contributed by atoms with Gasteiger partial charge in [-0.25, -0.2) is 0 Å². The summed E-state index contributed by atoms with van der Waals surface area (Å²) < 4.78 is 0. The van der Waals surface area contributed by atoms with Crippen LogP contribution in [0, 0.1) is 0 Å². The minimum Gasteiger partial charge on any atom is -0.394 e. The van der Waals surface area contributed by atoms with Crippen molar-refractivity contribution in [3.05, 3.63) is 29.8 Å². The first-order chi connectivity index (χ1) is 8.77. The van der Waals surface area contributed by atoms with Gasteiger partial charge in [0.15, 0.2) is 0 Å². The van der Waals surface area contributed by atoms with Crippen molar-refractivity contribution in [2.24, 2.45) is 0 Å². The monoisotopic (exact) mass is 249 g/mol. The van der Waals surface area contributed by atoms with Crippen LogP contribution >= 0.6 is 0 Å². The molecule has 1 aliphatic rings. The maximum Gasteiger partial charge on any atom is 0.0807 e. The standard InChI is InChI=1S/C15H23NO2/c1-2-15(18)13-8-3-4-9-14(13)16-10-6-5-7-12(16)11-17/h3-4,8-9,12,15,17-18H,2,5-7,10-11H2,1H3/t12?,15-/m0/s1. The Bertz CT molecular complexity index is 381. The Morgan fingerprint density at radius 3 is 2.83 bits per heavy atom. The Kier molecular flexibility index (Phi) is 4.61. The third kappa shape index (κ3) is 2.68. The maximum atomic E-state index is 10.1. The average Bonchev–Trinajstić information content (AvgIpc) is 2.46. The molecule has 1 fully saturated rings. The van der Waals surface area contributed by atoms with Gasteiger partial charge in [-0.1, -0.05) is 25.1 Å². The fourth-order valence-corrected chi connectivity index (χ4v) is 2.76. The topological polar surface area (TPSA) is 43.7 Å². The van der Waals surface area contributed by atoms with Crippen molar-refractivity contribution >= 4 is 5.69 Å². The summed E-state index contributed by atoms with van der Waals surface area (Å²) in [7, 11) is 0. The average molecular weight is 249 g/mol. The summed E-state index contributed by atoms with van der Waals surface area (Å²) >= 11 is 0. The van der Waals surface area contributed by atoms with Crippen molar-refractivity contribution in [2.45, 2.75) is 44.8 Å². The first-order valence-electron chi connectivity index (χ1n) is 6.92. The lowest BCUT2D eigenvalue weighted by Crippen LogP contribution is -2.42. The van der Waals surface area contributed by atoms with Crippen molar-refractivity contribution in [2.75, 3.05) is 18.1 Å². The van der Waals surface area contributed by atoms with Gasteiger partial charge in [0.25, 0.3) is 0 Å². The van der Waals surface area contributed by atoms with Crippen LogP contribution in [0.15, 0.2) is 24.3 Å². The van der Waals surface area contributed by atoms with Crippen LogP contribution in [0.3, 0.4) is 0 Å². The van der Waals surface area contributed by atoms with E-state index in [4.69, 9.17) is 0 Å². The number of aliphatic hydroxyl groups excluding tert-OH is 2. The molecular formula is C15H23NO2. The number of anilines is 1. The molecule has 3 nitrogen and oxygen atoms in total. The number of hydrogen-bond acceptors (Lipinski definition) is 3. The molecule has 0 aromatic heterocycles. The molecule has 2 rings (SSSR count). The third-order valence-electron chi connectivity index (χ3n) is 3.83. The van der Waals surface area contributed by atoms with Gasteiger partial charge in [-0.2, -0.15) is 0 Å². The molecule has 1 unspecified atom stereocenters. The largest absolute Gasteiger partial charge is 0.394 e. The van der Waals surface area contributed by atoms with Gasteiger partial charge in [0, 0.05) is 17.8 Å². The zero-order valence-electron chi connectivity index (χ0n) is 11.0. The van der Waals surface area contributed by atoms with Gasteiger partial charge in [-0.05, 0) is 31.7 Å². The molecule has 0 bridgehead atoms. The van der Waals surface area contributed by atoms with Crippen LogP contribution in [-0.2, 0) is 0 Å². The van der Waals surface area contributed by atoms with E-state index in [1.54, 1.807) is 0 Å². The van der Waals surface area contributed by atoms with E-state index in [-0.39, 0.29) is 12.6 Å². The molecule has 0 spiro atoms. The van der Waals surface area contributed by atoms with Crippen LogP contribution in [0.25, 0.3) is 0 Å². The predicted octanol–water partition coefficient (Wildman–Crippen LogP) is 2.48. The van der Waals surface area contributed by atoms with E-state index in [0.29, 0.717) is 6.42 Å². The first-order valence-corrected chi connectivity index (χ1v) is 6.92. The fourth-order valence-electron chi connectivity index (χ4n) is 2.76. The van der Waals surface area contributed by atoms with Crippen LogP contribution in [0.1, 0.15) is 44.3 Å². The Balaban J connectivity index is 2.30. The highest BCUT2D eigenvalue weighted by Gasteiger charge is 2.24. The first kappa shape index (κ1) is 13.4. The maximum absolute atomic E-state index is 10.1. The van der Waals surface area contributed by atoms with Crippen LogP contribution in [0.5, 0.6) is 0 Å². The highest BCUT2D eigenvalue weighted by Crippen LogP contribution is 2.32. The van der Waals surface area contributed by atoms with Gasteiger partial charge < -0.3 is 15.1 Å². The number of aliphatic hydroxyl groups is 2. The number of piperidine rings is 1. The minimum absolute atomic E-state index is 0.191. The summed E-state index contributed by atoms with van der Waals surface area (Å²) in [5.41, 5.74) is 2.07. The molecule has 0 saturated carbocycles. The molecule has 2 atom stereocenters. The van der Waals surface area contributed by atoms with Crippen molar-refractivity contribution in [3.8, 4) is 0 Å². The van der Waals surface area contributed by atoms with E-state index in [0.717, 1.165) is 30.6 Å². The van der Waals surface area contributed by atoms with Gasteiger partial charge in [0.05, 0.1) is 18.8 Å². The van der Waals surface area contributed by atoms with Gasteiger partial charge in [0.1, 0.15) is 0 Å². The Morgan fingerprint density at radius 1 is 1.33 bits per heavy atom. The summed E-state index contributed by atoms with van der Waals surface area (Å²) in [5, 5.41) is 19.6. The molecule has 1 aliphatic heterocycles. The molecule has 100 valence electrons. The Hall–Kier alpha value is -1.06. The number of hydrogen-bond donors (Lipinski definition) is 2. The highest BCUT2D eigenvalue weighted by atomic mass is 16.3. The van der Waals surface area contributed by atoms with Gasteiger partial charge in [0.2, 0.25) is 0 Å². The van der Waals surface area contributed by atoms with E-state index < -0.39 is 6.10 Å². The zero-order chi connectivity index (χ0) is 13.0. The molecule has 0 aliphatic carbocycles. The SMILES string of the molecule is CC[C@H](O)c1ccccc1N1CCCCC1CO. The van der Waals surface area contributed by atoms with Gasteiger partial charge in [-0.3, -0.25) is 0 Å². The molecule has 1 aromatic rings. The molecular weight excluding hydrogens is 226 g/mol. The van der Waals surface area contributed by atoms with E-state index in [9.17, 15) is 10.2 Å². The van der Waals surface area contributed by atoms with Crippen LogP contribution in [0.4, 0.5) is 5.69 Å². The van der Waals surface area contributed by atoms with Crippen LogP contribution < -0.4 is 4.90 Å². The van der Waals surface area contributed by atoms with Crippen molar-refractivity contribution < 1.29 is 10.2 Å². The summed E-state index contributed by atoms with van der Waals surface area (Å²) in [4.78, 5) is 2.26. The minimum atomic E-state index is -0.414. The van der Waals surface area contributed by atoms with Crippen molar-refractivity contribution in [1.82, 2.24) is 0 Å². The lowest BCUT2D eigenvalue weighted by atomic mass is 9.98. The normalized spacial score (nSPS) is 21.9. The van der Waals surface area contributed by atoms with E-state index in [2.05, 4.69) is 11.0 Å². The third-order valence-corrected chi connectivity index (χ3v) is 3.83. The van der Waals surface area contributed by atoms with E-state index >= 15 is 0 Å². The molecule has 1 saturated heterocycles. The lowest BCUT2D eigenvalue weighted by molar-refractivity contribution is 0.173. The summed E-state index contributed by atoms with van der Waals surface area (Å²) in [6.07, 6.45) is 3.68. The second-order valence-corrected chi connectivity index (χ2v) is 5.01. The number of rotatable bonds is 4. The molecule has 1 heterocycles. The zero-order valence-corrected chi connectivity index (χ0v) is 11.0. The fraction of sp³-hybridized carbons (Fsp3) is 0.600. The van der Waals surface area contributed by atoms with Crippen LogP contribution in [0.2, 0.25) is 0 Å². The predicted molar refractivity (Wildman–Crippen MR) is 73.8 cm³/mol. The van der Waals surface area contributed by atoms with Crippen LogP contribution in [-0.4, -0.2) is 29.4 Å². The Labute approximate surface area is 109 Å². The smallest absolute Gasteiger partial charge is 0.0807 e. The molecule has 0 radical (unpaired) electrons. The second-order valence-electron chi connectivity index (χ2n) is 5.01. The molecule has 18 heavy (non-hydrogen) atoms. The Morgan fingerprint density at radius 2 is 2.11 bits per heavy atom. The number of nitrogens with zero attached hydrogens (tertiary/aromatic N) is 1. The highest BCUT2D eigenvalue weighted by molar-refractivity contribution is 5.55. The van der Waals surface area contributed by atoms with E-state index in [1.807, 2.05) is 25.1 Å². The van der Waals surface area contributed by atoms with E-state index in [1.165, 1.54) is 6.42 Å². The molecule has 3 heteroatoms. The molecule has 0 amide bonds. The number of para-hydroxylation sites is 1. The lowest BCUT2D eigenvalue weighted by Gasteiger charge is -2.38. The summed E-state index contributed by atoms with van der Waals surface area (Å²) in [6, 6.07) is 8.22. The van der Waals surface area contributed by atoms with Gasteiger partial charge in [-0.15, -0.1) is 0 Å². The summed E-state index contributed by atoms with van der Waals surface area (Å²) in [6.45, 7) is 3.15. The van der Waals surface area contributed by atoms with Crippen molar-refractivity contribution in [3.63, 3.8) is 0 Å².